The maximum absolute atomic E-state index is 12.2. The number of rotatable bonds is 3. The van der Waals surface area contributed by atoms with Gasteiger partial charge in [0.25, 0.3) is 5.91 Å². The Morgan fingerprint density at radius 2 is 1.73 bits per heavy atom. The lowest BCUT2D eigenvalue weighted by Gasteiger charge is -2.10. The molecule has 2 aromatic carbocycles. The van der Waals surface area contributed by atoms with Crippen LogP contribution < -0.4 is 10.6 Å². The number of nitrogens with one attached hydrogen (secondary N) is 2. The van der Waals surface area contributed by atoms with Gasteiger partial charge in [0, 0.05) is 15.6 Å². The van der Waals surface area contributed by atoms with Crippen LogP contribution in [0.2, 0.25) is 10.0 Å². The highest BCUT2D eigenvalue weighted by atomic mass is 35.5. The van der Waals surface area contributed by atoms with Gasteiger partial charge < -0.3 is 5.32 Å². The van der Waals surface area contributed by atoms with Crippen molar-refractivity contribution in [1.82, 2.24) is 5.32 Å². The van der Waals surface area contributed by atoms with Gasteiger partial charge in [0.2, 0.25) is 0 Å². The molecule has 3 amide bonds. The van der Waals surface area contributed by atoms with Gasteiger partial charge in [-0.2, -0.15) is 0 Å². The molecule has 0 saturated heterocycles. The number of carbonyl (C=O) groups is 2. The molecular formula is C15H12Cl2N2O2S. The highest BCUT2D eigenvalue weighted by molar-refractivity contribution is 7.98. The van der Waals surface area contributed by atoms with Crippen LogP contribution in [-0.2, 0) is 0 Å². The Kier molecular flexibility index (Phi) is 5.71. The second-order valence-electron chi connectivity index (χ2n) is 4.23. The van der Waals surface area contributed by atoms with E-state index in [1.165, 1.54) is 11.8 Å². The van der Waals surface area contributed by atoms with Crippen molar-refractivity contribution in [2.24, 2.45) is 0 Å². The Bertz CT molecular complexity index is 705. The number of halogens is 2. The predicted octanol–water partition coefficient (Wildman–Crippen LogP) is 4.68. The number of anilines is 1. The molecular weight excluding hydrogens is 343 g/mol. The molecule has 2 N–H and O–H groups in total. The molecule has 0 aromatic heterocycles. The molecule has 0 aliphatic carbocycles. The van der Waals surface area contributed by atoms with Crippen molar-refractivity contribution in [2.45, 2.75) is 4.90 Å². The average Bonchev–Trinajstić information content (AvgIpc) is 2.49. The highest BCUT2D eigenvalue weighted by Gasteiger charge is 2.17. The van der Waals surface area contributed by atoms with Crippen LogP contribution in [-0.4, -0.2) is 18.2 Å². The van der Waals surface area contributed by atoms with E-state index in [2.05, 4.69) is 10.6 Å². The maximum atomic E-state index is 12.2. The molecule has 22 heavy (non-hydrogen) atoms. The summed E-state index contributed by atoms with van der Waals surface area (Å²) < 4.78 is 0. The lowest BCUT2D eigenvalue weighted by atomic mass is 10.2. The molecule has 0 unspecified atom stereocenters. The summed E-state index contributed by atoms with van der Waals surface area (Å²) in [6.45, 7) is 0. The lowest BCUT2D eigenvalue weighted by molar-refractivity contribution is 0.0964. The molecule has 0 radical (unpaired) electrons. The summed E-state index contributed by atoms with van der Waals surface area (Å²) in [4.78, 5) is 24.8. The summed E-state index contributed by atoms with van der Waals surface area (Å²) in [6, 6.07) is 11.0. The number of benzene rings is 2. The Balaban J connectivity index is 2.09. The van der Waals surface area contributed by atoms with Gasteiger partial charge in [0.15, 0.2) is 0 Å². The summed E-state index contributed by atoms with van der Waals surface area (Å²) in [5, 5.41) is 5.66. The van der Waals surface area contributed by atoms with Crippen LogP contribution in [0.1, 0.15) is 10.4 Å². The Hall–Kier alpha value is -1.69. The number of thioether (sulfide) groups is 1. The van der Waals surface area contributed by atoms with Crippen molar-refractivity contribution in [3.8, 4) is 0 Å². The highest BCUT2D eigenvalue weighted by Crippen LogP contribution is 2.26. The minimum Gasteiger partial charge on any atom is -0.308 e. The fourth-order valence-electron chi connectivity index (χ4n) is 1.76. The van der Waals surface area contributed by atoms with Gasteiger partial charge in [-0.1, -0.05) is 29.3 Å². The molecule has 0 saturated carbocycles. The smallest absolute Gasteiger partial charge is 0.308 e. The zero-order valence-electron chi connectivity index (χ0n) is 11.5. The predicted molar refractivity (Wildman–Crippen MR) is 91.2 cm³/mol. The van der Waals surface area contributed by atoms with Crippen molar-refractivity contribution in [2.75, 3.05) is 11.6 Å². The van der Waals surface area contributed by atoms with Crippen LogP contribution in [0.15, 0.2) is 47.4 Å². The van der Waals surface area contributed by atoms with Crippen LogP contribution >= 0.6 is 35.0 Å². The fourth-order valence-corrected chi connectivity index (χ4v) is 2.82. The van der Waals surface area contributed by atoms with Crippen molar-refractivity contribution in [3.05, 3.63) is 58.1 Å². The van der Waals surface area contributed by atoms with Gasteiger partial charge in [-0.3, -0.25) is 10.1 Å². The second-order valence-corrected chi connectivity index (χ2v) is 5.92. The molecule has 0 aliphatic rings. The fraction of sp³-hybridized carbons (Fsp3) is 0.0667. The van der Waals surface area contributed by atoms with Crippen LogP contribution in [0, 0.1) is 0 Å². The molecule has 0 bridgehead atoms. The molecule has 0 atom stereocenters. The average molecular weight is 355 g/mol. The van der Waals surface area contributed by atoms with Gasteiger partial charge in [0.1, 0.15) is 0 Å². The van der Waals surface area contributed by atoms with E-state index in [1.807, 2.05) is 6.26 Å². The summed E-state index contributed by atoms with van der Waals surface area (Å²) in [5.74, 6) is -0.554. The van der Waals surface area contributed by atoms with Crippen molar-refractivity contribution < 1.29 is 9.59 Å². The molecule has 0 fully saturated rings. The van der Waals surface area contributed by atoms with Gasteiger partial charge >= 0.3 is 6.03 Å². The van der Waals surface area contributed by atoms with E-state index >= 15 is 0 Å². The SMILES string of the molecule is CSc1cccc(Cl)c1C(=O)NC(=O)Nc1ccc(Cl)cc1. The summed E-state index contributed by atoms with van der Waals surface area (Å²) in [7, 11) is 0. The van der Waals surface area contributed by atoms with Gasteiger partial charge in [-0.25, -0.2) is 4.79 Å². The van der Waals surface area contributed by atoms with E-state index in [-0.39, 0.29) is 5.56 Å². The normalized spacial score (nSPS) is 10.1. The van der Waals surface area contributed by atoms with Crippen molar-refractivity contribution in [1.29, 1.82) is 0 Å². The summed E-state index contributed by atoms with van der Waals surface area (Å²) in [5.41, 5.74) is 0.807. The first-order valence-corrected chi connectivity index (χ1v) is 8.19. The third kappa shape index (κ3) is 4.16. The minimum atomic E-state index is -0.640. The first-order chi connectivity index (χ1) is 10.5. The Morgan fingerprint density at radius 1 is 1.05 bits per heavy atom. The first-order valence-electron chi connectivity index (χ1n) is 6.21. The molecule has 4 nitrogen and oxygen atoms in total. The van der Waals surface area contributed by atoms with Gasteiger partial charge in [-0.15, -0.1) is 11.8 Å². The van der Waals surface area contributed by atoms with E-state index in [0.717, 1.165) is 0 Å². The molecule has 0 heterocycles. The van der Waals surface area contributed by atoms with E-state index in [4.69, 9.17) is 23.2 Å². The zero-order chi connectivity index (χ0) is 16.1. The van der Waals surface area contributed by atoms with E-state index in [1.54, 1.807) is 42.5 Å². The van der Waals surface area contributed by atoms with Crippen LogP contribution in [0.5, 0.6) is 0 Å². The van der Waals surface area contributed by atoms with Crippen LogP contribution in [0.3, 0.4) is 0 Å². The zero-order valence-corrected chi connectivity index (χ0v) is 13.9. The van der Waals surface area contributed by atoms with E-state index in [0.29, 0.717) is 20.6 Å². The lowest BCUT2D eigenvalue weighted by Crippen LogP contribution is -2.34. The minimum absolute atomic E-state index is 0.280. The van der Waals surface area contributed by atoms with Crippen molar-refractivity contribution in [3.63, 3.8) is 0 Å². The molecule has 2 aromatic rings. The third-order valence-electron chi connectivity index (χ3n) is 2.75. The summed E-state index contributed by atoms with van der Waals surface area (Å²) in [6.07, 6.45) is 1.83. The molecule has 7 heteroatoms. The number of urea groups is 1. The molecule has 2 rings (SSSR count). The third-order valence-corrected chi connectivity index (χ3v) is 4.10. The number of carbonyl (C=O) groups excluding carboxylic acids is 2. The Labute approximate surface area is 142 Å². The largest absolute Gasteiger partial charge is 0.326 e. The standard InChI is InChI=1S/C15H12Cl2N2O2S/c1-22-12-4-2-3-11(17)13(12)14(20)19-15(21)18-10-7-5-9(16)6-8-10/h2-8H,1H3,(H2,18,19,20,21). The summed E-state index contributed by atoms with van der Waals surface area (Å²) >= 11 is 13.2. The topological polar surface area (TPSA) is 58.2 Å². The first kappa shape index (κ1) is 16.7. The maximum Gasteiger partial charge on any atom is 0.326 e. The monoisotopic (exact) mass is 354 g/mol. The number of imide groups is 1. The van der Waals surface area contributed by atoms with Gasteiger partial charge in [0.05, 0.1) is 10.6 Å². The van der Waals surface area contributed by atoms with Crippen LogP contribution in [0.4, 0.5) is 10.5 Å². The molecule has 114 valence electrons. The second kappa shape index (κ2) is 7.54. The molecule has 0 spiro atoms. The number of hydrogen-bond donors (Lipinski definition) is 2. The number of hydrogen-bond acceptors (Lipinski definition) is 3. The quantitative estimate of drug-likeness (QED) is 0.786. The Morgan fingerprint density at radius 3 is 2.36 bits per heavy atom. The van der Waals surface area contributed by atoms with E-state index < -0.39 is 11.9 Å². The van der Waals surface area contributed by atoms with Gasteiger partial charge in [-0.05, 0) is 42.7 Å². The van der Waals surface area contributed by atoms with E-state index in [9.17, 15) is 9.59 Å². The molecule has 0 aliphatic heterocycles. The number of amides is 3. The van der Waals surface area contributed by atoms with Crippen LogP contribution in [0.25, 0.3) is 0 Å². The van der Waals surface area contributed by atoms with Crippen molar-refractivity contribution >= 4 is 52.6 Å².